The van der Waals surface area contributed by atoms with Crippen molar-refractivity contribution in [2.24, 2.45) is 0 Å². The van der Waals surface area contributed by atoms with Gasteiger partial charge in [0.15, 0.2) is 6.79 Å². The van der Waals surface area contributed by atoms with E-state index in [2.05, 4.69) is 0 Å². The topological polar surface area (TPSA) is 58.9 Å². The summed E-state index contributed by atoms with van der Waals surface area (Å²) in [5.41, 5.74) is 2.31. The second kappa shape index (κ2) is 5.70. The summed E-state index contributed by atoms with van der Waals surface area (Å²) in [6.45, 7) is 1.77. The van der Waals surface area contributed by atoms with Crippen molar-refractivity contribution in [3.05, 3.63) is 28.8 Å². The van der Waals surface area contributed by atoms with Gasteiger partial charge in [0.2, 0.25) is 0 Å². The quantitative estimate of drug-likeness (QED) is 0.714. The number of benzene rings is 1. The van der Waals surface area contributed by atoms with E-state index >= 15 is 0 Å². The number of hydrogen-bond acceptors (Lipinski definition) is 4. The standard InChI is InChI=1S/C11H16O4/c1-8-3-9(5-12)11(15-7-14-2)10(4-8)6-13/h3-4,12-13H,5-7H2,1-2H3. The lowest BCUT2D eigenvalue weighted by Crippen LogP contribution is -2.05. The van der Waals surface area contributed by atoms with E-state index in [0.717, 1.165) is 5.56 Å². The molecule has 4 heteroatoms. The summed E-state index contributed by atoms with van der Waals surface area (Å²) in [7, 11) is 1.52. The van der Waals surface area contributed by atoms with Crippen LogP contribution in [0.2, 0.25) is 0 Å². The third-order valence-electron chi connectivity index (χ3n) is 2.05. The first kappa shape index (κ1) is 12.0. The third kappa shape index (κ3) is 2.92. The number of aryl methyl sites for hydroxylation is 1. The molecule has 1 aromatic carbocycles. The van der Waals surface area contributed by atoms with Crippen molar-refractivity contribution < 1.29 is 19.7 Å². The number of aliphatic hydroxyl groups is 2. The van der Waals surface area contributed by atoms with Gasteiger partial charge < -0.3 is 19.7 Å². The molecule has 1 rings (SSSR count). The molecular weight excluding hydrogens is 196 g/mol. The normalized spacial score (nSPS) is 10.4. The van der Waals surface area contributed by atoms with Gasteiger partial charge in [-0.05, 0) is 6.92 Å². The molecule has 4 nitrogen and oxygen atoms in total. The molecule has 0 amide bonds. The molecule has 0 aromatic heterocycles. The van der Waals surface area contributed by atoms with Crippen LogP contribution in [0.25, 0.3) is 0 Å². The maximum atomic E-state index is 9.16. The average molecular weight is 212 g/mol. The molecular formula is C11H16O4. The first-order valence-electron chi connectivity index (χ1n) is 4.68. The van der Waals surface area contributed by atoms with Gasteiger partial charge in [-0.2, -0.15) is 0 Å². The van der Waals surface area contributed by atoms with Gasteiger partial charge in [-0.15, -0.1) is 0 Å². The summed E-state index contributed by atoms with van der Waals surface area (Å²) in [6, 6.07) is 3.65. The van der Waals surface area contributed by atoms with E-state index in [1.807, 2.05) is 19.1 Å². The Morgan fingerprint density at radius 2 is 1.67 bits per heavy atom. The molecule has 0 aliphatic heterocycles. The van der Waals surface area contributed by atoms with Gasteiger partial charge in [0.05, 0.1) is 13.2 Å². The highest BCUT2D eigenvalue weighted by molar-refractivity contribution is 5.43. The van der Waals surface area contributed by atoms with Crippen molar-refractivity contribution in [3.63, 3.8) is 0 Å². The van der Waals surface area contributed by atoms with Crippen LogP contribution in [0.4, 0.5) is 0 Å². The van der Waals surface area contributed by atoms with E-state index in [4.69, 9.17) is 19.7 Å². The van der Waals surface area contributed by atoms with Crippen LogP contribution in [0.3, 0.4) is 0 Å². The first-order chi connectivity index (χ1) is 7.22. The molecule has 0 atom stereocenters. The van der Waals surface area contributed by atoms with Crippen molar-refractivity contribution in [2.75, 3.05) is 13.9 Å². The summed E-state index contributed by atoms with van der Waals surface area (Å²) in [6.07, 6.45) is 0. The third-order valence-corrected chi connectivity index (χ3v) is 2.05. The molecule has 0 bridgehead atoms. The minimum Gasteiger partial charge on any atom is -0.467 e. The Bertz CT molecular complexity index is 297. The monoisotopic (exact) mass is 212 g/mol. The second-order valence-electron chi connectivity index (χ2n) is 3.28. The van der Waals surface area contributed by atoms with Gasteiger partial charge >= 0.3 is 0 Å². The Hall–Kier alpha value is -1.10. The molecule has 0 spiro atoms. The lowest BCUT2D eigenvalue weighted by molar-refractivity contribution is 0.0478. The number of methoxy groups -OCH3 is 1. The maximum absolute atomic E-state index is 9.16. The largest absolute Gasteiger partial charge is 0.467 e. The summed E-state index contributed by atoms with van der Waals surface area (Å²) in [5.74, 6) is 0.507. The van der Waals surface area contributed by atoms with Gasteiger partial charge in [0.25, 0.3) is 0 Å². The summed E-state index contributed by atoms with van der Waals surface area (Å²) in [4.78, 5) is 0. The van der Waals surface area contributed by atoms with Gasteiger partial charge in [-0.3, -0.25) is 0 Å². The fourth-order valence-corrected chi connectivity index (χ4v) is 1.47. The van der Waals surface area contributed by atoms with E-state index in [1.165, 1.54) is 7.11 Å². The number of rotatable bonds is 5. The van der Waals surface area contributed by atoms with Crippen molar-refractivity contribution in [1.29, 1.82) is 0 Å². The minimum absolute atomic E-state index is 0.100. The van der Waals surface area contributed by atoms with Crippen LogP contribution < -0.4 is 4.74 Å². The van der Waals surface area contributed by atoms with Crippen LogP contribution >= 0.6 is 0 Å². The Balaban J connectivity index is 3.06. The van der Waals surface area contributed by atoms with Crippen molar-refractivity contribution >= 4 is 0 Å². The molecule has 0 heterocycles. The van der Waals surface area contributed by atoms with Gasteiger partial charge in [-0.1, -0.05) is 17.7 Å². The van der Waals surface area contributed by atoms with Crippen LogP contribution in [0.1, 0.15) is 16.7 Å². The molecule has 1 aromatic rings. The molecule has 84 valence electrons. The summed E-state index contributed by atoms with van der Waals surface area (Å²) in [5, 5.41) is 18.3. The number of ether oxygens (including phenoxy) is 2. The van der Waals surface area contributed by atoms with E-state index < -0.39 is 0 Å². The van der Waals surface area contributed by atoms with Crippen molar-refractivity contribution in [2.45, 2.75) is 20.1 Å². The number of aliphatic hydroxyl groups excluding tert-OH is 2. The van der Waals surface area contributed by atoms with Gasteiger partial charge in [0, 0.05) is 18.2 Å². The molecule has 0 aliphatic rings. The zero-order valence-corrected chi connectivity index (χ0v) is 8.99. The lowest BCUT2D eigenvalue weighted by Gasteiger charge is -2.14. The van der Waals surface area contributed by atoms with Crippen LogP contribution in [0, 0.1) is 6.92 Å². The second-order valence-corrected chi connectivity index (χ2v) is 3.28. The Labute approximate surface area is 89.1 Å². The fourth-order valence-electron chi connectivity index (χ4n) is 1.47. The average Bonchev–Trinajstić information content (AvgIpc) is 2.26. The highest BCUT2D eigenvalue weighted by Gasteiger charge is 2.10. The van der Waals surface area contributed by atoms with Crippen LogP contribution in [0.5, 0.6) is 5.75 Å². The molecule has 2 N–H and O–H groups in total. The zero-order chi connectivity index (χ0) is 11.3. The smallest absolute Gasteiger partial charge is 0.188 e. The molecule has 0 radical (unpaired) electrons. The van der Waals surface area contributed by atoms with E-state index in [-0.39, 0.29) is 20.0 Å². The van der Waals surface area contributed by atoms with E-state index in [9.17, 15) is 0 Å². The predicted octanol–water partition coefficient (Wildman–Crippen LogP) is 0.962. The Kier molecular flexibility index (Phi) is 4.55. The highest BCUT2D eigenvalue weighted by Crippen LogP contribution is 2.26. The molecule has 0 aliphatic carbocycles. The fraction of sp³-hybridized carbons (Fsp3) is 0.455. The molecule has 0 fully saturated rings. The van der Waals surface area contributed by atoms with Crippen molar-refractivity contribution in [1.82, 2.24) is 0 Å². The highest BCUT2D eigenvalue weighted by atomic mass is 16.7. The van der Waals surface area contributed by atoms with Crippen molar-refractivity contribution in [3.8, 4) is 5.75 Å². The van der Waals surface area contributed by atoms with E-state index in [1.54, 1.807) is 0 Å². The maximum Gasteiger partial charge on any atom is 0.188 e. The number of hydrogen-bond donors (Lipinski definition) is 2. The molecule has 0 saturated heterocycles. The van der Waals surface area contributed by atoms with Gasteiger partial charge in [0.1, 0.15) is 5.75 Å². The lowest BCUT2D eigenvalue weighted by atomic mass is 10.1. The molecule has 15 heavy (non-hydrogen) atoms. The van der Waals surface area contributed by atoms with Crippen LogP contribution in [-0.2, 0) is 18.0 Å². The first-order valence-corrected chi connectivity index (χ1v) is 4.68. The van der Waals surface area contributed by atoms with Crippen LogP contribution in [-0.4, -0.2) is 24.1 Å². The zero-order valence-electron chi connectivity index (χ0n) is 8.99. The van der Waals surface area contributed by atoms with E-state index in [0.29, 0.717) is 16.9 Å². The van der Waals surface area contributed by atoms with Gasteiger partial charge in [-0.25, -0.2) is 0 Å². The summed E-state index contributed by atoms with van der Waals surface area (Å²) < 4.78 is 10.1. The minimum atomic E-state index is -0.117. The van der Waals surface area contributed by atoms with Crippen LogP contribution in [0.15, 0.2) is 12.1 Å². The summed E-state index contributed by atoms with van der Waals surface area (Å²) >= 11 is 0. The Morgan fingerprint density at radius 1 is 1.13 bits per heavy atom. The Morgan fingerprint density at radius 3 is 2.07 bits per heavy atom. The SMILES string of the molecule is COCOc1c(CO)cc(C)cc1CO. The molecule has 0 saturated carbocycles. The molecule has 0 unspecified atom stereocenters. The predicted molar refractivity (Wildman–Crippen MR) is 55.5 cm³/mol.